The Hall–Kier alpha value is -2.27. The van der Waals surface area contributed by atoms with Gasteiger partial charge in [0.25, 0.3) is 0 Å². The maximum atomic E-state index is 5.47. The lowest BCUT2D eigenvalue weighted by molar-refractivity contribution is 0.304. The van der Waals surface area contributed by atoms with Crippen molar-refractivity contribution < 1.29 is 9.47 Å². The standard InChI is InChI=1S/C18H23N3O2/c1-22-17-8-10-19-16(18(17)23-2)13-21-11-9-15(12-21)20-14-6-4-3-5-7-14/h3-8,10,15,20H,9,11-13H2,1-2H3/t15-/m0/s1. The van der Waals surface area contributed by atoms with Gasteiger partial charge in [-0.2, -0.15) is 0 Å². The lowest BCUT2D eigenvalue weighted by Crippen LogP contribution is -2.26. The zero-order valence-electron chi connectivity index (χ0n) is 13.7. The summed E-state index contributed by atoms with van der Waals surface area (Å²) in [5.74, 6) is 1.46. The number of rotatable bonds is 6. The van der Waals surface area contributed by atoms with E-state index in [1.54, 1.807) is 20.4 Å². The van der Waals surface area contributed by atoms with Crippen LogP contribution < -0.4 is 14.8 Å². The monoisotopic (exact) mass is 313 g/mol. The quantitative estimate of drug-likeness (QED) is 0.888. The van der Waals surface area contributed by atoms with Gasteiger partial charge in [-0.15, -0.1) is 0 Å². The molecule has 23 heavy (non-hydrogen) atoms. The minimum atomic E-state index is 0.467. The molecule has 0 spiro atoms. The van der Waals surface area contributed by atoms with Crippen LogP contribution in [-0.2, 0) is 6.54 Å². The first kappa shape index (κ1) is 15.6. The fourth-order valence-corrected chi connectivity index (χ4v) is 3.04. The number of pyridine rings is 1. The number of benzene rings is 1. The molecule has 0 unspecified atom stereocenters. The molecule has 0 amide bonds. The molecule has 1 aromatic heterocycles. The van der Waals surface area contributed by atoms with E-state index < -0.39 is 0 Å². The maximum absolute atomic E-state index is 5.47. The molecule has 1 N–H and O–H groups in total. The van der Waals surface area contributed by atoms with Crippen molar-refractivity contribution in [2.75, 3.05) is 32.6 Å². The number of hydrogen-bond donors (Lipinski definition) is 1. The van der Waals surface area contributed by atoms with Crippen LogP contribution in [-0.4, -0.2) is 43.2 Å². The number of nitrogens with one attached hydrogen (secondary N) is 1. The number of likely N-dealkylation sites (tertiary alicyclic amines) is 1. The second-order valence-electron chi connectivity index (χ2n) is 5.72. The van der Waals surface area contributed by atoms with Crippen molar-refractivity contribution in [3.63, 3.8) is 0 Å². The lowest BCUT2D eigenvalue weighted by atomic mass is 10.2. The molecule has 1 aromatic carbocycles. The van der Waals surface area contributed by atoms with Gasteiger partial charge in [-0.05, 0) is 18.6 Å². The van der Waals surface area contributed by atoms with Gasteiger partial charge >= 0.3 is 0 Å². The highest BCUT2D eigenvalue weighted by Gasteiger charge is 2.24. The molecule has 0 aliphatic carbocycles. The Bertz CT molecular complexity index is 633. The molecule has 1 atom stereocenters. The van der Waals surface area contributed by atoms with Crippen molar-refractivity contribution in [3.05, 3.63) is 48.3 Å². The highest BCUT2D eigenvalue weighted by Crippen LogP contribution is 2.30. The number of aromatic nitrogens is 1. The van der Waals surface area contributed by atoms with Crippen molar-refractivity contribution in [2.45, 2.75) is 19.0 Å². The first-order valence-electron chi connectivity index (χ1n) is 7.90. The summed E-state index contributed by atoms with van der Waals surface area (Å²) < 4.78 is 10.8. The maximum Gasteiger partial charge on any atom is 0.183 e. The summed E-state index contributed by atoms with van der Waals surface area (Å²) in [6, 6.07) is 12.7. The van der Waals surface area contributed by atoms with E-state index in [1.165, 1.54) is 5.69 Å². The van der Waals surface area contributed by atoms with Gasteiger partial charge in [-0.25, -0.2) is 0 Å². The molecule has 0 saturated carbocycles. The van der Waals surface area contributed by atoms with E-state index in [2.05, 4.69) is 39.5 Å². The highest BCUT2D eigenvalue weighted by atomic mass is 16.5. The van der Waals surface area contributed by atoms with Crippen LogP contribution in [0.15, 0.2) is 42.6 Å². The second kappa shape index (κ2) is 7.33. The molecule has 2 aromatic rings. The Balaban J connectivity index is 1.62. The molecule has 1 fully saturated rings. The van der Waals surface area contributed by atoms with E-state index in [0.29, 0.717) is 6.04 Å². The molecule has 0 bridgehead atoms. The smallest absolute Gasteiger partial charge is 0.183 e. The van der Waals surface area contributed by atoms with Gasteiger partial charge < -0.3 is 14.8 Å². The van der Waals surface area contributed by atoms with E-state index in [-0.39, 0.29) is 0 Å². The van der Waals surface area contributed by atoms with Crippen molar-refractivity contribution in [2.24, 2.45) is 0 Å². The molecule has 1 saturated heterocycles. The van der Waals surface area contributed by atoms with E-state index >= 15 is 0 Å². The van der Waals surface area contributed by atoms with E-state index in [9.17, 15) is 0 Å². The van der Waals surface area contributed by atoms with Crippen molar-refractivity contribution in [1.82, 2.24) is 9.88 Å². The van der Waals surface area contributed by atoms with Gasteiger partial charge in [0.05, 0.1) is 14.2 Å². The van der Waals surface area contributed by atoms with Crippen LogP contribution >= 0.6 is 0 Å². The number of nitrogens with zero attached hydrogens (tertiary/aromatic N) is 2. The lowest BCUT2D eigenvalue weighted by Gasteiger charge is -2.19. The number of anilines is 1. The number of ether oxygens (including phenoxy) is 2. The molecule has 1 aliphatic rings. The van der Waals surface area contributed by atoms with Crippen molar-refractivity contribution >= 4 is 5.69 Å². The first-order chi connectivity index (χ1) is 11.3. The molecule has 0 radical (unpaired) electrons. The molecular formula is C18H23N3O2. The predicted octanol–water partition coefficient (Wildman–Crippen LogP) is 2.79. The van der Waals surface area contributed by atoms with Crippen molar-refractivity contribution in [1.29, 1.82) is 0 Å². The van der Waals surface area contributed by atoms with Gasteiger partial charge in [0, 0.05) is 43.6 Å². The molecule has 2 heterocycles. The zero-order valence-corrected chi connectivity index (χ0v) is 13.7. The fraction of sp³-hybridized carbons (Fsp3) is 0.389. The summed E-state index contributed by atoms with van der Waals surface area (Å²) in [7, 11) is 3.31. The number of hydrogen-bond acceptors (Lipinski definition) is 5. The third-order valence-electron chi connectivity index (χ3n) is 4.16. The average Bonchev–Trinajstić information content (AvgIpc) is 3.02. The van der Waals surface area contributed by atoms with Crippen molar-refractivity contribution in [3.8, 4) is 11.5 Å². The average molecular weight is 313 g/mol. The summed E-state index contributed by atoms with van der Waals surface area (Å²) in [4.78, 5) is 6.86. The molecule has 5 nitrogen and oxygen atoms in total. The van der Waals surface area contributed by atoms with Gasteiger partial charge in [-0.1, -0.05) is 18.2 Å². The largest absolute Gasteiger partial charge is 0.493 e. The highest BCUT2D eigenvalue weighted by molar-refractivity contribution is 5.44. The van der Waals surface area contributed by atoms with E-state index in [1.807, 2.05) is 12.1 Å². The molecule has 3 rings (SSSR count). The van der Waals surface area contributed by atoms with Crippen LogP contribution in [0.25, 0.3) is 0 Å². The fourth-order valence-electron chi connectivity index (χ4n) is 3.04. The van der Waals surface area contributed by atoms with Gasteiger partial charge in [0.15, 0.2) is 11.5 Å². The Morgan fingerprint density at radius 3 is 2.74 bits per heavy atom. The molecule has 5 heteroatoms. The summed E-state index contributed by atoms with van der Waals surface area (Å²) in [5.41, 5.74) is 2.10. The van der Waals surface area contributed by atoms with Crippen LogP contribution in [0.2, 0.25) is 0 Å². The van der Waals surface area contributed by atoms with Crippen LogP contribution in [0.3, 0.4) is 0 Å². The van der Waals surface area contributed by atoms with Crippen LogP contribution in [0.5, 0.6) is 11.5 Å². The van der Waals surface area contributed by atoms with Crippen LogP contribution in [0.4, 0.5) is 5.69 Å². The second-order valence-corrected chi connectivity index (χ2v) is 5.72. The van der Waals surface area contributed by atoms with Gasteiger partial charge in [-0.3, -0.25) is 9.88 Å². The van der Waals surface area contributed by atoms with Gasteiger partial charge in [0.2, 0.25) is 0 Å². The third kappa shape index (κ3) is 3.74. The third-order valence-corrected chi connectivity index (χ3v) is 4.16. The molecule has 1 aliphatic heterocycles. The SMILES string of the molecule is COc1ccnc(CN2CC[C@H](Nc3ccccc3)C2)c1OC. The predicted molar refractivity (Wildman–Crippen MR) is 91.1 cm³/mol. The zero-order chi connectivity index (χ0) is 16.1. The Morgan fingerprint density at radius 1 is 1.17 bits per heavy atom. The summed E-state index contributed by atoms with van der Waals surface area (Å²) in [6.45, 7) is 2.82. The Kier molecular flexibility index (Phi) is 4.98. The first-order valence-corrected chi connectivity index (χ1v) is 7.90. The van der Waals surface area contributed by atoms with E-state index in [0.717, 1.165) is 43.2 Å². The molecular weight excluding hydrogens is 290 g/mol. The van der Waals surface area contributed by atoms with Crippen LogP contribution in [0.1, 0.15) is 12.1 Å². The summed E-state index contributed by atoms with van der Waals surface area (Å²) in [5, 5.41) is 3.59. The Labute approximate surface area is 137 Å². The minimum absolute atomic E-state index is 0.467. The number of methoxy groups -OCH3 is 2. The summed E-state index contributed by atoms with van der Waals surface area (Å²) >= 11 is 0. The number of para-hydroxylation sites is 1. The van der Waals surface area contributed by atoms with Gasteiger partial charge in [0.1, 0.15) is 5.69 Å². The topological polar surface area (TPSA) is 46.6 Å². The Morgan fingerprint density at radius 2 is 2.00 bits per heavy atom. The minimum Gasteiger partial charge on any atom is -0.493 e. The summed E-state index contributed by atoms with van der Waals surface area (Å²) in [6.07, 6.45) is 2.90. The normalized spacial score (nSPS) is 17.9. The van der Waals surface area contributed by atoms with E-state index in [4.69, 9.17) is 9.47 Å². The van der Waals surface area contributed by atoms with Crippen LogP contribution in [0, 0.1) is 0 Å². The molecule has 122 valence electrons.